The summed E-state index contributed by atoms with van der Waals surface area (Å²) in [4.78, 5) is 0. The molecule has 0 bridgehead atoms. The molecule has 1 rings (SSSR count). The van der Waals surface area contributed by atoms with Crippen LogP contribution in [0.5, 0.6) is 5.75 Å². The Kier molecular flexibility index (Phi) is 5.44. The van der Waals surface area contributed by atoms with Gasteiger partial charge in [0.2, 0.25) is 0 Å². The second kappa shape index (κ2) is 6.85. The Hall–Kier alpha value is -2.16. The molecule has 0 radical (unpaired) electrons. The lowest BCUT2D eigenvalue weighted by Crippen LogP contribution is -2.20. The zero-order chi connectivity index (χ0) is 15.3. The normalized spacial score (nSPS) is 11.1. The Labute approximate surface area is 126 Å². The van der Waals surface area contributed by atoms with Crippen LogP contribution in [0.15, 0.2) is 36.2 Å². The van der Waals surface area contributed by atoms with E-state index < -0.39 is 5.17 Å². The van der Waals surface area contributed by atoms with Crippen molar-refractivity contribution in [3.8, 4) is 11.8 Å². The van der Waals surface area contributed by atoms with E-state index in [-0.39, 0.29) is 17.1 Å². The molecule has 104 valence electrons. The molecule has 0 unspecified atom stereocenters. The molecular weight excluding hydrogens is 299 g/mol. The van der Waals surface area contributed by atoms with Crippen molar-refractivity contribution in [3.05, 3.63) is 46.8 Å². The van der Waals surface area contributed by atoms with Crippen molar-refractivity contribution in [1.82, 2.24) is 5.32 Å². The highest BCUT2D eigenvalue weighted by molar-refractivity contribution is 6.69. The predicted octanol–water partition coefficient (Wildman–Crippen LogP) is 2.82. The van der Waals surface area contributed by atoms with Gasteiger partial charge in [-0.15, -0.1) is 0 Å². The number of nitrogens with two attached hydrogens (primary N) is 1. The third-order valence-corrected chi connectivity index (χ3v) is 2.81. The summed E-state index contributed by atoms with van der Waals surface area (Å²) in [5, 5.41) is 19.3. The maximum absolute atomic E-state index is 9.12. The van der Waals surface area contributed by atoms with Crippen LogP contribution in [-0.4, -0.2) is 12.3 Å². The van der Waals surface area contributed by atoms with Crippen LogP contribution in [0.1, 0.15) is 5.56 Å². The molecule has 0 saturated heterocycles. The van der Waals surface area contributed by atoms with E-state index in [1.165, 1.54) is 7.11 Å². The Bertz CT molecular complexity index is 632. The zero-order valence-corrected chi connectivity index (χ0v) is 12.1. The first kappa shape index (κ1) is 15.9. The van der Waals surface area contributed by atoms with Gasteiger partial charge in [0.25, 0.3) is 0 Å². The van der Waals surface area contributed by atoms with Gasteiger partial charge in [0, 0.05) is 5.56 Å². The van der Waals surface area contributed by atoms with Crippen molar-refractivity contribution in [2.24, 2.45) is 5.73 Å². The Morgan fingerprint density at radius 3 is 2.65 bits per heavy atom. The average Bonchev–Trinajstić information content (AvgIpc) is 2.38. The standard InChI is InChI=1S/C13H12Cl2N4O/c1-7(17)19-12(9(6-16)13(15)18)8-3-4-10(14)11(5-8)20-2/h3-5,18-19H,1,17H2,2H3. The minimum atomic E-state index is -0.412. The minimum Gasteiger partial charge on any atom is -0.495 e. The first-order valence-corrected chi connectivity index (χ1v) is 6.10. The number of allylic oxidation sites excluding steroid dienone is 1. The summed E-state index contributed by atoms with van der Waals surface area (Å²) >= 11 is 11.6. The fraction of sp³-hybridized carbons (Fsp3) is 0.0769. The van der Waals surface area contributed by atoms with Crippen LogP contribution in [0.25, 0.3) is 5.70 Å². The Morgan fingerprint density at radius 1 is 1.55 bits per heavy atom. The number of hydrogen-bond acceptors (Lipinski definition) is 5. The Balaban J connectivity index is 3.50. The molecule has 0 amide bonds. The van der Waals surface area contributed by atoms with Crippen molar-refractivity contribution in [2.75, 3.05) is 7.11 Å². The van der Waals surface area contributed by atoms with E-state index in [1.807, 2.05) is 6.07 Å². The number of ether oxygens (including phenoxy) is 1. The number of nitrogens with one attached hydrogen (secondary N) is 2. The summed E-state index contributed by atoms with van der Waals surface area (Å²) in [6, 6.07) is 6.70. The number of halogens is 2. The molecular formula is C13H12Cl2N4O. The first-order chi connectivity index (χ1) is 9.40. The maximum Gasteiger partial charge on any atom is 0.140 e. The van der Waals surface area contributed by atoms with Crippen LogP contribution in [0.4, 0.5) is 0 Å². The van der Waals surface area contributed by atoms with Gasteiger partial charge in [0.05, 0.1) is 23.7 Å². The molecule has 5 nitrogen and oxygen atoms in total. The van der Waals surface area contributed by atoms with Gasteiger partial charge in [-0.25, -0.2) is 0 Å². The minimum absolute atomic E-state index is 0.0670. The molecule has 0 atom stereocenters. The first-order valence-electron chi connectivity index (χ1n) is 5.34. The van der Waals surface area contributed by atoms with E-state index in [2.05, 4.69) is 11.9 Å². The van der Waals surface area contributed by atoms with E-state index in [0.29, 0.717) is 16.3 Å². The van der Waals surface area contributed by atoms with Gasteiger partial charge >= 0.3 is 0 Å². The van der Waals surface area contributed by atoms with Crippen molar-refractivity contribution in [2.45, 2.75) is 0 Å². The van der Waals surface area contributed by atoms with Crippen LogP contribution in [0.2, 0.25) is 5.02 Å². The largest absolute Gasteiger partial charge is 0.495 e. The highest BCUT2D eigenvalue weighted by Crippen LogP contribution is 2.29. The van der Waals surface area contributed by atoms with Gasteiger partial charge in [-0.2, -0.15) is 5.26 Å². The molecule has 1 aromatic rings. The summed E-state index contributed by atoms with van der Waals surface area (Å²) in [5.74, 6) is 0.532. The summed E-state index contributed by atoms with van der Waals surface area (Å²) < 4.78 is 5.11. The molecule has 0 saturated carbocycles. The van der Waals surface area contributed by atoms with Gasteiger partial charge in [-0.1, -0.05) is 35.8 Å². The van der Waals surface area contributed by atoms with Gasteiger partial charge in [-0.05, 0) is 12.1 Å². The smallest absolute Gasteiger partial charge is 0.140 e. The number of hydrogen-bond donors (Lipinski definition) is 3. The molecule has 20 heavy (non-hydrogen) atoms. The van der Waals surface area contributed by atoms with Gasteiger partial charge in [0.15, 0.2) is 0 Å². The third-order valence-electron chi connectivity index (χ3n) is 2.31. The van der Waals surface area contributed by atoms with Crippen molar-refractivity contribution in [3.63, 3.8) is 0 Å². The van der Waals surface area contributed by atoms with E-state index in [0.717, 1.165) is 0 Å². The number of rotatable bonds is 5. The number of nitrogens with zero attached hydrogens (tertiary/aromatic N) is 1. The van der Waals surface area contributed by atoms with Crippen LogP contribution >= 0.6 is 23.2 Å². The zero-order valence-electron chi connectivity index (χ0n) is 10.6. The molecule has 4 N–H and O–H groups in total. The van der Waals surface area contributed by atoms with E-state index in [1.54, 1.807) is 18.2 Å². The van der Waals surface area contributed by atoms with Gasteiger partial charge < -0.3 is 15.8 Å². The lowest BCUT2D eigenvalue weighted by atomic mass is 10.1. The molecule has 0 aliphatic rings. The van der Waals surface area contributed by atoms with E-state index in [4.69, 9.17) is 44.3 Å². The fourth-order valence-corrected chi connectivity index (χ4v) is 1.80. The summed E-state index contributed by atoms with van der Waals surface area (Å²) in [6.45, 7) is 3.51. The van der Waals surface area contributed by atoms with E-state index >= 15 is 0 Å². The van der Waals surface area contributed by atoms with Crippen LogP contribution in [0, 0.1) is 16.7 Å². The molecule has 0 aliphatic heterocycles. The molecule has 0 spiro atoms. The highest BCUT2D eigenvalue weighted by atomic mass is 35.5. The highest BCUT2D eigenvalue weighted by Gasteiger charge is 2.14. The summed E-state index contributed by atoms with van der Waals surface area (Å²) in [7, 11) is 1.47. The van der Waals surface area contributed by atoms with E-state index in [9.17, 15) is 0 Å². The lowest BCUT2D eigenvalue weighted by Gasteiger charge is -2.14. The quantitative estimate of drug-likeness (QED) is 0.575. The van der Waals surface area contributed by atoms with Crippen LogP contribution in [0.3, 0.4) is 0 Å². The summed E-state index contributed by atoms with van der Waals surface area (Å²) in [5.41, 5.74) is 6.24. The van der Waals surface area contributed by atoms with Crippen LogP contribution in [-0.2, 0) is 0 Å². The molecule has 1 aromatic carbocycles. The SMILES string of the molecule is C=C(N)NC(=C(C#N)C(=N)Cl)c1ccc(Cl)c(OC)c1. The van der Waals surface area contributed by atoms with Gasteiger partial charge in [0.1, 0.15) is 22.6 Å². The molecule has 0 aromatic heterocycles. The predicted molar refractivity (Wildman–Crippen MR) is 80.6 cm³/mol. The molecule has 7 heteroatoms. The Morgan fingerprint density at radius 2 is 2.20 bits per heavy atom. The topological polar surface area (TPSA) is 94.9 Å². The fourth-order valence-electron chi connectivity index (χ4n) is 1.47. The molecule has 0 fully saturated rings. The molecule has 0 heterocycles. The number of nitriles is 1. The average molecular weight is 311 g/mol. The number of benzene rings is 1. The van der Waals surface area contributed by atoms with Crippen LogP contribution < -0.4 is 15.8 Å². The molecule has 0 aliphatic carbocycles. The van der Waals surface area contributed by atoms with Crippen molar-refractivity contribution < 1.29 is 4.74 Å². The maximum atomic E-state index is 9.12. The lowest BCUT2D eigenvalue weighted by molar-refractivity contribution is 0.415. The van der Waals surface area contributed by atoms with Crippen molar-refractivity contribution in [1.29, 1.82) is 10.7 Å². The second-order valence-corrected chi connectivity index (χ2v) is 4.46. The third kappa shape index (κ3) is 3.67. The second-order valence-electron chi connectivity index (χ2n) is 3.68. The summed E-state index contributed by atoms with van der Waals surface area (Å²) in [6.07, 6.45) is 0. The van der Waals surface area contributed by atoms with Crippen molar-refractivity contribution >= 4 is 34.1 Å². The van der Waals surface area contributed by atoms with Gasteiger partial charge in [-0.3, -0.25) is 5.41 Å². The monoisotopic (exact) mass is 310 g/mol. The number of methoxy groups -OCH3 is 1.